The van der Waals surface area contributed by atoms with Crippen molar-refractivity contribution in [2.45, 2.75) is 13.1 Å². The highest BCUT2D eigenvalue weighted by Gasteiger charge is 2.33. The number of H-pyrrole nitrogens is 2. The van der Waals surface area contributed by atoms with Crippen LogP contribution in [0.5, 0.6) is 0 Å². The number of aromatic amines is 2. The normalized spacial score (nSPS) is 12.1. The lowest BCUT2D eigenvalue weighted by atomic mass is 10.1. The molecule has 0 aliphatic carbocycles. The Morgan fingerprint density at radius 1 is 1.03 bits per heavy atom. The first-order chi connectivity index (χ1) is 14.3. The van der Waals surface area contributed by atoms with E-state index in [1.54, 1.807) is 6.20 Å². The van der Waals surface area contributed by atoms with E-state index in [9.17, 15) is 22.8 Å². The Hall–Kier alpha value is -3.88. The minimum Gasteiger partial charge on any atom is -0.360 e. The molecule has 0 radical (unpaired) electrons. The Kier molecular flexibility index (Phi) is 4.65. The SMILES string of the molecule is Cc1cccc2c(/C=N/NC(=O)c3c[nH]c4c(C(F)(F)F)cccc4c3=O)c[nH]c12. The zero-order valence-electron chi connectivity index (χ0n) is 15.6. The van der Waals surface area contributed by atoms with Crippen LogP contribution in [0.1, 0.15) is 27.0 Å². The summed E-state index contributed by atoms with van der Waals surface area (Å²) in [6, 6.07) is 8.97. The van der Waals surface area contributed by atoms with E-state index in [2.05, 4.69) is 20.5 Å². The molecule has 0 atom stereocenters. The molecule has 6 nitrogen and oxygen atoms in total. The van der Waals surface area contributed by atoms with Gasteiger partial charge >= 0.3 is 6.18 Å². The second-order valence-electron chi connectivity index (χ2n) is 6.70. The highest BCUT2D eigenvalue weighted by atomic mass is 19.4. The number of hydrogen-bond acceptors (Lipinski definition) is 3. The van der Waals surface area contributed by atoms with Crippen molar-refractivity contribution in [3.05, 3.63) is 81.3 Å². The Balaban J connectivity index is 1.62. The Bertz CT molecular complexity index is 1370. The molecule has 0 aliphatic rings. The molecule has 30 heavy (non-hydrogen) atoms. The number of fused-ring (bicyclic) bond motifs is 2. The van der Waals surface area contributed by atoms with Crippen LogP contribution in [0, 0.1) is 6.92 Å². The Morgan fingerprint density at radius 3 is 2.50 bits per heavy atom. The molecule has 0 saturated heterocycles. The summed E-state index contributed by atoms with van der Waals surface area (Å²) >= 11 is 0. The molecule has 0 bridgehead atoms. The summed E-state index contributed by atoms with van der Waals surface area (Å²) in [5.41, 5.74) is 2.47. The van der Waals surface area contributed by atoms with Gasteiger partial charge in [-0.25, -0.2) is 5.43 Å². The van der Waals surface area contributed by atoms with Crippen LogP contribution in [0.4, 0.5) is 13.2 Å². The van der Waals surface area contributed by atoms with Gasteiger partial charge in [-0.3, -0.25) is 9.59 Å². The van der Waals surface area contributed by atoms with Crippen molar-refractivity contribution in [3.63, 3.8) is 0 Å². The third kappa shape index (κ3) is 3.34. The fourth-order valence-electron chi connectivity index (χ4n) is 3.31. The molecule has 0 unspecified atom stereocenters. The van der Waals surface area contributed by atoms with Crippen LogP contribution < -0.4 is 10.9 Å². The van der Waals surface area contributed by atoms with E-state index >= 15 is 0 Å². The van der Waals surface area contributed by atoms with Crippen LogP contribution in [0.15, 0.2) is 58.7 Å². The first-order valence-electron chi connectivity index (χ1n) is 8.89. The summed E-state index contributed by atoms with van der Waals surface area (Å²) in [5, 5.41) is 4.56. The third-order valence-electron chi connectivity index (χ3n) is 4.79. The molecule has 4 aromatic rings. The van der Waals surface area contributed by atoms with Crippen molar-refractivity contribution in [2.24, 2.45) is 5.10 Å². The monoisotopic (exact) mass is 412 g/mol. The molecule has 2 aromatic carbocycles. The predicted octanol–water partition coefficient (Wildman–Crippen LogP) is 4.10. The number of aromatic nitrogens is 2. The highest BCUT2D eigenvalue weighted by Crippen LogP contribution is 2.33. The number of nitrogens with zero attached hydrogens (tertiary/aromatic N) is 1. The van der Waals surface area contributed by atoms with Gasteiger partial charge < -0.3 is 9.97 Å². The van der Waals surface area contributed by atoms with Gasteiger partial charge in [0, 0.05) is 34.2 Å². The maximum absolute atomic E-state index is 13.1. The van der Waals surface area contributed by atoms with Gasteiger partial charge in [0.25, 0.3) is 5.91 Å². The molecule has 4 rings (SSSR count). The first-order valence-corrected chi connectivity index (χ1v) is 8.89. The Morgan fingerprint density at radius 2 is 1.73 bits per heavy atom. The number of aryl methyl sites for hydroxylation is 1. The van der Waals surface area contributed by atoms with Gasteiger partial charge in [0.05, 0.1) is 17.3 Å². The van der Waals surface area contributed by atoms with Gasteiger partial charge in [0.1, 0.15) is 5.56 Å². The average molecular weight is 412 g/mol. The van der Waals surface area contributed by atoms with Gasteiger partial charge in [0.2, 0.25) is 5.43 Å². The smallest absolute Gasteiger partial charge is 0.360 e. The standard InChI is InChI=1S/C21H15F3N4O2/c1-11-4-2-5-13-12(8-25-17(11)13)9-27-28-20(30)15-10-26-18-14(19(15)29)6-3-7-16(18)21(22,23)24/h2-10,25H,1H3,(H,26,29)(H,28,30)/b27-9+. The lowest BCUT2D eigenvalue weighted by Gasteiger charge is -2.10. The number of rotatable bonds is 3. The first kappa shape index (κ1) is 19.4. The summed E-state index contributed by atoms with van der Waals surface area (Å²) < 4.78 is 39.4. The van der Waals surface area contributed by atoms with Crippen LogP contribution in [0.2, 0.25) is 0 Å². The van der Waals surface area contributed by atoms with E-state index in [0.29, 0.717) is 0 Å². The average Bonchev–Trinajstić information content (AvgIpc) is 3.11. The molecule has 152 valence electrons. The molecular formula is C21H15F3N4O2. The fourth-order valence-corrected chi connectivity index (χ4v) is 3.31. The number of pyridine rings is 1. The molecule has 2 heterocycles. The molecule has 0 aliphatic heterocycles. The van der Waals surface area contributed by atoms with Crippen molar-refractivity contribution in [1.82, 2.24) is 15.4 Å². The quantitative estimate of drug-likeness (QED) is 0.349. The molecule has 0 spiro atoms. The number of nitrogens with one attached hydrogen (secondary N) is 3. The summed E-state index contributed by atoms with van der Waals surface area (Å²) in [7, 11) is 0. The van der Waals surface area contributed by atoms with E-state index < -0.39 is 23.1 Å². The van der Waals surface area contributed by atoms with Crippen LogP contribution in [-0.4, -0.2) is 22.1 Å². The number of para-hydroxylation sites is 2. The maximum atomic E-state index is 13.1. The van der Waals surface area contributed by atoms with Crippen molar-refractivity contribution in [3.8, 4) is 0 Å². The van der Waals surface area contributed by atoms with Gasteiger partial charge in [-0.15, -0.1) is 0 Å². The van der Waals surface area contributed by atoms with Crippen molar-refractivity contribution in [1.29, 1.82) is 0 Å². The molecule has 1 amide bonds. The lowest BCUT2D eigenvalue weighted by molar-refractivity contribution is -0.136. The van der Waals surface area contributed by atoms with E-state index in [1.807, 2.05) is 25.1 Å². The zero-order valence-corrected chi connectivity index (χ0v) is 15.6. The van der Waals surface area contributed by atoms with Crippen molar-refractivity contribution in [2.75, 3.05) is 0 Å². The summed E-state index contributed by atoms with van der Waals surface area (Å²) in [6.45, 7) is 1.96. The van der Waals surface area contributed by atoms with Crippen molar-refractivity contribution >= 4 is 33.9 Å². The Labute approximate surface area is 167 Å². The summed E-state index contributed by atoms with van der Waals surface area (Å²) in [4.78, 5) is 30.4. The van der Waals surface area contributed by atoms with E-state index in [1.165, 1.54) is 12.3 Å². The number of carbonyl (C=O) groups is 1. The second-order valence-corrected chi connectivity index (χ2v) is 6.70. The van der Waals surface area contributed by atoms with E-state index in [0.717, 1.165) is 40.4 Å². The number of carbonyl (C=O) groups excluding carboxylic acids is 1. The zero-order chi connectivity index (χ0) is 21.5. The van der Waals surface area contributed by atoms with Crippen LogP contribution in [0.3, 0.4) is 0 Å². The number of alkyl halides is 3. The van der Waals surface area contributed by atoms with Crippen LogP contribution in [0.25, 0.3) is 21.8 Å². The van der Waals surface area contributed by atoms with Gasteiger partial charge in [-0.1, -0.05) is 24.3 Å². The molecule has 0 saturated carbocycles. The summed E-state index contributed by atoms with van der Waals surface area (Å²) in [5.74, 6) is -0.831. The molecule has 0 fully saturated rings. The lowest BCUT2D eigenvalue weighted by Crippen LogP contribution is -2.25. The number of hydrogen-bond donors (Lipinski definition) is 3. The number of benzene rings is 2. The van der Waals surface area contributed by atoms with Gasteiger partial charge in [-0.2, -0.15) is 18.3 Å². The van der Waals surface area contributed by atoms with Crippen LogP contribution in [-0.2, 0) is 6.18 Å². The summed E-state index contributed by atoms with van der Waals surface area (Å²) in [6.07, 6.45) is -0.518. The number of amides is 1. The number of halogens is 3. The van der Waals surface area contributed by atoms with E-state index in [4.69, 9.17) is 0 Å². The molecule has 9 heteroatoms. The topological polar surface area (TPSA) is 90.1 Å². The van der Waals surface area contributed by atoms with Gasteiger partial charge in [0.15, 0.2) is 0 Å². The second kappa shape index (κ2) is 7.18. The third-order valence-corrected chi connectivity index (χ3v) is 4.79. The van der Waals surface area contributed by atoms with E-state index in [-0.39, 0.29) is 16.5 Å². The number of hydrazone groups is 1. The minimum atomic E-state index is -4.63. The van der Waals surface area contributed by atoms with Crippen molar-refractivity contribution < 1.29 is 18.0 Å². The fraction of sp³-hybridized carbons (Fsp3) is 0.0952. The maximum Gasteiger partial charge on any atom is 0.418 e. The van der Waals surface area contributed by atoms with Gasteiger partial charge in [-0.05, 0) is 24.6 Å². The van der Waals surface area contributed by atoms with Crippen LogP contribution >= 0.6 is 0 Å². The molecule has 2 aromatic heterocycles. The molecule has 3 N–H and O–H groups in total. The minimum absolute atomic E-state index is 0.228. The predicted molar refractivity (Wildman–Crippen MR) is 108 cm³/mol. The molecular weight excluding hydrogens is 397 g/mol. The largest absolute Gasteiger partial charge is 0.418 e. The highest BCUT2D eigenvalue weighted by molar-refractivity contribution is 6.01.